The highest BCUT2D eigenvalue weighted by molar-refractivity contribution is 5.97. The molecule has 4 N–H and O–H groups in total. The van der Waals surface area contributed by atoms with E-state index in [4.69, 9.17) is 4.74 Å². The Hall–Kier alpha value is -3.10. The predicted octanol–water partition coefficient (Wildman–Crippen LogP) is 1.68. The predicted molar refractivity (Wildman–Crippen MR) is 104 cm³/mol. The number of imide groups is 1. The molecule has 0 unspecified atom stereocenters. The van der Waals surface area contributed by atoms with Gasteiger partial charge in [-0.15, -0.1) is 0 Å². The SMILES string of the molecule is CC[C@@H](C)NC(=O)NC(=O)COC(=O)c1ccc(CNC(=O)NC(C)C)cc1. The van der Waals surface area contributed by atoms with Crippen LogP contribution in [0.4, 0.5) is 9.59 Å². The lowest BCUT2D eigenvalue weighted by atomic mass is 10.1. The highest BCUT2D eigenvalue weighted by atomic mass is 16.5. The minimum absolute atomic E-state index is 0.0375. The summed E-state index contributed by atoms with van der Waals surface area (Å²) in [5.74, 6) is -1.40. The summed E-state index contributed by atoms with van der Waals surface area (Å²) < 4.78 is 4.89. The molecule has 0 radical (unpaired) electrons. The molecule has 0 aliphatic carbocycles. The van der Waals surface area contributed by atoms with Gasteiger partial charge in [-0.05, 0) is 44.9 Å². The Kier molecular flexibility index (Phi) is 9.49. The van der Waals surface area contributed by atoms with E-state index in [9.17, 15) is 19.2 Å². The number of hydrogen-bond donors (Lipinski definition) is 4. The molecule has 154 valence electrons. The Morgan fingerprint density at radius 2 is 1.61 bits per heavy atom. The van der Waals surface area contributed by atoms with Crippen LogP contribution in [0.3, 0.4) is 0 Å². The van der Waals surface area contributed by atoms with Crippen LogP contribution in [-0.4, -0.2) is 42.6 Å². The summed E-state index contributed by atoms with van der Waals surface area (Å²) in [7, 11) is 0. The molecule has 1 rings (SSSR count). The lowest BCUT2D eigenvalue weighted by Crippen LogP contribution is -2.44. The molecule has 9 nitrogen and oxygen atoms in total. The number of ether oxygens (including phenoxy) is 1. The first kappa shape index (κ1) is 22.9. The minimum atomic E-state index is -0.717. The maximum atomic E-state index is 12.0. The summed E-state index contributed by atoms with van der Waals surface area (Å²) in [6.07, 6.45) is 0.727. The maximum absolute atomic E-state index is 12.0. The van der Waals surface area contributed by atoms with E-state index in [1.54, 1.807) is 19.1 Å². The summed E-state index contributed by atoms with van der Waals surface area (Å²) >= 11 is 0. The number of urea groups is 2. The molecule has 0 saturated heterocycles. The molecule has 0 saturated carbocycles. The standard InChI is InChI=1S/C19H28N4O5/c1-5-13(4)22-19(27)23-16(24)11-28-17(25)15-8-6-14(7-9-15)10-20-18(26)21-12(2)3/h6-9,12-13H,5,10-11H2,1-4H3,(H2,20,21,26)(H2,22,23,24,27)/t13-/m1/s1. The molecule has 0 heterocycles. The fourth-order valence-corrected chi connectivity index (χ4v) is 1.99. The van der Waals surface area contributed by atoms with Crippen molar-refractivity contribution in [2.75, 3.05) is 6.61 Å². The zero-order chi connectivity index (χ0) is 21.1. The van der Waals surface area contributed by atoms with Crippen molar-refractivity contribution < 1.29 is 23.9 Å². The van der Waals surface area contributed by atoms with Gasteiger partial charge in [0.1, 0.15) is 0 Å². The first-order valence-electron chi connectivity index (χ1n) is 9.12. The number of rotatable bonds is 8. The average molecular weight is 392 g/mol. The third-order valence-electron chi connectivity index (χ3n) is 3.64. The molecule has 9 heteroatoms. The van der Waals surface area contributed by atoms with Crippen molar-refractivity contribution in [3.63, 3.8) is 0 Å². The van der Waals surface area contributed by atoms with E-state index in [0.717, 1.165) is 12.0 Å². The molecular weight excluding hydrogens is 364 g/mol. The first-order chi connectivity index (χ1) is 13.2. The molecule has 0 bridgehead atoms. The fraction of sp³-hybridized carbons (Fsp3) is 0.474. The zero-order valence-electron chi connectivity index (χ0n) is 16.6. The molecule has 0 aliphatic heterocycles. The molecule has 0 aromatic heterocycles. The van der Waals surface area contributed by atoms with E-state index in [-0.39, 0.29) is 23.7 Å². The Bertz CT molecular complexity index is 688. The highest BCUT2D eigenvalue weighted by Crippen LogP contribution is 2.06. The van der Waals surface area contributed by atoms with E-state index in [0.29, 0.717) is 6.54 Å². The molecule has 1 atom stereocenters. The number of carbonyl (C=O) groups is 4. The van der Waals surface area contributed by atoms with Crippen molar-refractivity contribution >= 4 is 23.9 Å². The lowest BCUT2D eigenvalue weighted by Gasteiger charge is -2.12. The molecule has 0 aliphatic rings. The largest absolute Gasteiger partial charge is 0.452 e. The van der Waals surface area contributed by atoms with Crippen LogP contribution in [0, 0.1) is 0 Å². The average Bonchev–Trinajstić information content (AvgIpc) is 2.64. The van der Waals surface area contributed by atoms with E-state index in [1.165, 1.54) is 12.1 Å². The molecule has 5 amide bonds. The van der Waals surface area contributed by atoms with Crippen LogP contribution in [0.25, 0.3) is 0 Å². The van der Waals surface area contributed by atoms with Gasteiger partial charge in [0.25, 0.3) is 5.91 Å². The number of nitrogens with one attached hydrogen (secondary N) is 4. The molecule has 1 aromatic carbocycles. The third-order valence-corrected chi connectivity index (χ3v) is 3.64. The summed E-state index contributed by atoms with van der Waals surface area (Å²) in [6.45, 7) is 7.17. The molecule has 1 aromatic rings. The van der Waals surface area contributed by atoms with Crippen LogP contribution >= 0.6 is 0 Å². The van der Waals surface area contributed by atoms with Crippen LogP contribution in [0.15, 0.2) is 24.3 Å². The van der Waals surface area contributed by atoms with E-state index in [1.807, 2.05) is 20.8 Å². The van der Waals surface area contributed by atoms with Crippen LogP contribution < -0.4 is 21.3 Å². The summed E-state index contributed by atoms with van der Waals surface area (Å²) in [4.78, 5) is 46.7. The summed E-state index contributed by atoms with van der Waals surface area (Å²) in [5, 5.41) is 10.1. The topological polar surface area (TPSA) is 126 Å². The van der Waals surface area contributed by atoms with Crippen LogP contribution in [0.5, 0.6) is 0 Å². The van der Waals surface area contributed by atoms with Gasteiger partial charge in [-0.1, -0.05) is 19.1 Å². The monoisotopic (exact) mass is 392 g/mol. The molecule has 28 heavy (non-hydrogen) atoms. The zero-order valence-corrected chi connectivity index (χ0v) is 16.6. The van der Waals surface area contributed by atoms with Crippen molar-refractivity contribution in [3.8, 4) is 0 Å². The van der Waals surface area contributed by atoms with Crippen molar-refractivity contribution in [2.24, 2.45) is 0 Å². The van der Waals surface area contributed by atoms with Gasteiger partial charge in [-0.25, -0.2) is 14.4 Å². The fourth-order valence-electron chi connectivity index (χ4n) is 1.99. The van der Waals surface area contributed by atoms with Gasteiger partial charge >= 0.3 is 18.0 Å². The number of hydrogen-bond acceptors (Lipinski definition) is 5. The van der Waals surface area contributed by atoms with Crippen LogP contribution in [-0.2, 0) is 16.1 Å². The van der Waals surface area contributed by atoms with E-state index in [2.05, 4.69) is 21.3 Å². The van der Waals surface area contributed by atoms with Crippen molar-refractivity contribution in [1.29, 1.82) is 0 Å². The van der Waals surface area contributed by atoms with Gasteiger partial charge in [0.05, 0.1) is 5.56 Å². The number of esters is 1. The van der Waals surface area contributed by atoms with Crippen molar-refractivity contribution in [2.45, 2.75) is 52.7 Å². The van der Waals surface area contributed by atoms with Crippen LogP contribution in [0.2, 0.25) is 0 Å². The third kappa shape index (κ3) is 9.02. The van der Waals surface area contributed by atoms with Crippen molar-refractivity contribution in [3.05, 3.63) is 35.4 Å². The number of amides is 5. The van der Waals surface area contributed by atoms with Gasteiger partial charge in [-0.2, -0.15) is 0 Å². The van der Waals surface area contributed by atoms with E-state index >= 15 is 0 Å². The molecule has 0 fully saturated rings. The smallest absolute Gasteiger partial charge is 0.338 e. The van der Waals surface area contributed by atoms with Crippen molar-refractivity contribution in [1.82, 2.24) is 21.3 Å². The summed E-state index contributed by atoms with van der Waals surface area (Å²) in [6, 6.07) is 5.48. The second-order valence-corrected chi connectivity index (χ2v) is 6.59. The maximum Gasteiger partial charge on any atom is 0.338 e. The quantitative estimate of drug-likeness (QED) is 0.501. The van der Waals surface area contributed by atoms with Gasteiger partial charge < -0.3 is 20.7 Å². The van der Waals surface area contributed by atoms with E-state index < -0.39 is 24.5 Å². The Balaban J connectivity index is 2.41. The highest BCUT2D eigenvalue weighted by Gasteiger charge is 2.13. The Morgan fingerprint density at radius 1 is 0.964 bits per heavy atom. The Morgan fingerprint density at radius 3 is 2.18 bits per heavy atom. The van der Waals surface area contributed by atoms with Gasteiger partial charge in [0, 0.05) is 18.6 Å². The number of benzene rings is 1. The second-order valence-electron chi connectivity index (χ2n) is 6.59. The lowest BCUT2D eigenvalue weighted by molar-refractivity contribution is -0.123. The van der Waals surface area contributed by atoms with Crippen LogP contribution in [0.1, 0.15) is 50.0 Å². The number of carbonyl (C=O) groups excluding carboxylic acids is 4. The summed E-state index contributed by atoms with van der Waals surface area (Å²) in [5.41, 5.74) is 1.06. The van der Waals surface area contributed by atoms with Gasteiger partial charge in [0.2, 0.25) is 0 Å². The Labute approximate surface area is 164 Å². The molecular formula is C19H28N4O5. The van der Waals surface area contributed by atoms with Gasteiger partial charge in [0.15, 0.2) is 6.61 Å². The normalized spacial score (nSPS) is 11.3. The second kappa shape index (κ2) is 11.6. The van der Waals surface area contributed by atoms with Gasteiger partial charge in [-0.3, -0.25) is 10.1 Å². The molecule has 0 spiro atoms. The first-order valence-corrected chi connectivity index (χ1v) is 9.12. The minimum Gasteiger partial charge on any atom is -0.452 e.